The first kappa shape index (κ1) is 29.7. The number of alkyl halides is 7. The van der Waals surface area contributed by atoms with E-state index in [4.69, 9.17) is 9.57 Å². The minimum absolute atomic E-state index is 0.0610. The highest BCUT2D eigenvalue weighted by atomic mass is 19.4. The number of benzene rings is 1. The standard InChI is InChI=1S/C24H18F7N6O3/c1-12-14(7-32)4-13(21(25)26)6-18(12)40-19-20(23(27,28)24(29,30)31)35-11-36(22(19)38)9-16-5-15(8-33)17(34-2)10-37(16)39-3/h4-6,10-11,21,34H,9H2,1-3H3/q+1. The Balaban J connectivity index is 2.28. The molecule has 40 heavy (non-hydrogen) atoms. The fourth-order valence-electron chi connectivity index (χ4n) is 3.53. The van der Waals surface area contributed by atoms with Gasteiger partial charge in [0.15, 0.2) is 5.69 Å². The van der Waals surface area contributed by atoms with E-state index in [1.807, 2.05) is 6.07 Å². The van der Waals surface area contributed by atoms with Gasteiger partial charge in [-0.1, -0.05) is 0 Å². The molecule has 0 amide bonds. The van der Waals surface area contributed by atoms with Crippen LogP contribution in [0.1, 0.15) is 40.1 Å². The van der Waals surface area contributed by atoms with Gasteiger partial charge in [-0.05, 0) is 19.1 Å². The zero-order chi connectivity index (χ0) is 30.0. The van der Waals surface area contributed by atoms with Crippen LogP contribution in [0, 0.1) is 29.6 Å². The Morgan fingerprint density at radius 3 is 2.30 bits per heavy atom. The van der Waals surface area contributed by atoms with Crippen molar-refractivity contribution in [2.24, 2.45) is 0 Å². The quantitative estimate of drug-likeness (QED) is 0.320. The largest absolute Gasteiger partial charge is 0.459 e. The average molecular weight is 571 g/mol. The molecule has 3 aromatic rings. The number of ether oxygens (including phenoxy) is 1. The summed E-state index contributed by atoms with van der Waals surface area (Å²) in [4.78, 5) is 21.6. The van der Waals surface area contributed by atoms with Gasteiger partial charge in [-0.25, -0.2) is 13.8 Å². The summed E-state index contributed by atoms with van der Waals surface area (Å²) >= 11 is 0. The molecule has 0 aliphatic carbocycles. The van der Waals surface area contributed by atoms with E-state index < -0.39 is 58.9 Å². The molecule has 2 heterocycles. The van der Waals surface area contributed by atoms with Crippen molar-refractivity contribution in [3.8, 4) is 23.6 Å². The summed E-state index contributed by atoms with van der Waals surface area (Å²) in [6.07, 6.45) is -7.65. The van der Waals surface area contributed by atoms with Crippen LogP contribution >= 0.6 is 0 Å². The van der Waals surface area contributed by atoms with Crippen molar-refractivity contribution in [3.63, 3.8) is 0 Å². The van der Waals surface area contributed by atoms with Crippen molar-refractivity contribution < 1.29 is 45.0 Å². The number of halogens is 7. The lowest BCUT2D eigenvalue weighted by atomic mass is 10.0. The summed E-state index contributed by atoms with van der Waals surface area (Å²) in [5, 5.41) is 21.4. The molecule has 2 aromatic heterocycles. The molecule has 0 bridgehead atoms. The van der Waals surface area contributed by atoms with Crippen LogP contribution in [0.5, 0.6) is 11.5 Å². The van der Waals surface area contributed by atoms with Gasteiger partial charge in [0.1, 0.15) is 31.2 Å². The molecule has 0 saturated heterocycles. The van der Waals surface area contributed by atoms with Gasteiger partial charge < -0.3 is 10.1 Å². The van der Waals surface area contributed by atoms with E-state index in [0.29, 0.717) is 22.6 Å². The van der Waals surface area contributed by atoms with Crippen molar-refractivity contribution in [1.29, 1.82) is 10.5 Å². The van der Waals surface area contributed by atoms with Crippen LogP contribution in [-0.4, -0.2) is 29.9 Å². The van der Waals surface area contributed by atoms with Gasteiger partial charge in [0.25, 0.3) is 17.7 Å². The summed E-state index contributed by atoms with van der Waals surface area (Å²) in [5.74, 6) is -8.04. The maximum atomic E-state index is 14.5. The van der Waals surface area contributed by atoms with Gasteiger partial charge >= 0.3 is 12.1 Å². The van der Waals surface area contributed by atoms with Crippen LogP contribution in [0.2, 0.25) is 0 Å². The molecule has 0 atom stereocenters. The molecule has 0 spiro atoms. The van der Waals surface area contributed by atoms with Crippen molar-refractivity contribution >= 4 is 5.69 Å². The number of hydrogen-bond donors (Lipinski definition) is 1. The third kappa shape index (κ3) is 5.47. The first-order valence-electron chi connectivity index (χ1n) is 11.0. The maximum absolute atomic E-state index is 14.5. The van der Waals surface area contributed by atoms with Crippen molar-refractivity contribution in [1.82, 2.24) is 9.55 Å². The Bertz CT molecular complexity index is 1590. The Labute approximate surface area is 221 Å². The molecule has 0 unspecified atom stereocenters. The van der Waals surface area contributed by atoms with E-state index in [1.54, 1.807) is 6.07 Å². The molecule has 1 aromatic carbocycles. The van der Waals surface area contributed by atoms with Gasteiger partial charge in [-0.15, -0.1) is 0 Å². The lowest BCUT2D eigenvalue weighted by molar-refractivity contribution is -0.890. The van der Waals surface area contributed by atoms with E-state index in [-0.39, 0.29) is 16.8 Å². The second-order valence-corrected chi connectivity index (χ2v) is 8.10. The number of nitriles is 2. The van der Waals surface area contributed by atoms with E-state index in [2.05, 4.69) is 10.3 Å². The molecule has 9 nitrogen and oxygen atoms in total. The molecule has 3 rings (SSSR count). The number of aromatic nitrogens is 3. The van der Waals surface area contributed by atoms with E-state index in [1.165, 1.54) is 26.4 Å². The number of nitrogens with one attached hydrogen (secondary N) is 1. The zero-order valence-electron chi connectivity index (χ0n) is 20.8. The highest BCUT2D eigenvalue weighted by molar-refractivity contribution is 5.54. The smallest absolute Gasteiger partial charge is 0.449 e. The van der Waals surface area contributed by atoms with Crippen LogP contribution in [-0.2, 0) is 12.5 Å². The Morgan fingerprint density at radius 2 is 1.77 bits per heavy atom. The normalized spacial score (nSPS) is 11.6. The van der Waals surface area contributed by atoms with Crippen LogP contribution in [0.3, 0.4) is 0 Å². The first-order valence-corrected chi connectivity index (χ1v) is 11.0. The number of hydrogen-bond acceptors (Lipinski definition) is 7. The molecule has 0 aliphatic heterocycles. The molecule has 16 heteroatoms. The predicted octanol–water partition coefficient (Wildman–Crippen LogP) is 4.11. The van der Waals surface area contributed by atoms with Gasteiger partial charge in [0.05, 0.1) is 23.5 Å². The van der Waals surface area contributed by atoms with E-state index in [9.17, 15) is 46.1 Å². The zero-order valence-corrected chi connectivity index (χ0v) is 20.8. The second-order valence-electron chi connectivity index (χ2n) is 8.10. The molecule has 0 fully saturated rings. The summed E-state index contributed by atoms with van der Waals surface area (Å²) in [7, 11) is 2.74. The molecular formula is C24H18F7N6O3+. The van der Waals surface area contributed by atoms with Crippen LogP contribution in [0.15, 0.2) is 35.5 Å². The van der Waals surface area contributed by atoms with Crippen LogP contribution < -0.4 is 25.2 Å². The monoisotopic (exact) mass is 571 g/mol. The van der Waals surface area contributed by atoms with Crippen molar-refractivity contribution in [2.75, 3.05) is 19.5 Å². The summed E-state index contributed by atoms with van der Waals surface area (Å²) in [5.41, 5.74) is -4.63. The van der Waals surface area contributed by atoms with Gasteiger partial charge in [-0.3, -0.25) is 14.2 Å². The van der Waals surface area contributed by atoms with Gasteiger partial charge in [0, 0.05) is 29.0 Å². The Hall–Kier alpha value is -4.86. The SMILES string of the molecule is CNc1c[n+](OC)c(Cn2cnc(C(F)(F)C(F)(F)F)c(Oc3cc(C(F)F)cc(C#N)c3C)c2=O)cc1C#N. The lowest BCUT2D eigenvalue weighted by Gasteiger charge is -2.22. The number of rotatable bonds is 8. The Kier molecular flexibility index (Phi) is 8.23. The molecule has 1 N–H and O–H groups in total. The molecule has 0 radical (unpaired) electrons. The maximum Gasteiger partial charge on any atom is 0.459 e. The summed E-state index contributed by atoms with van der Waals surface area (Å²) in [6.45, 7) is 0.597. The highest BCUT2D eigenvalue weighted by Crippen LogP contribution is 2.46. The second kappa shape index (κ2) is 11.1. The van der Waals surface area contributed by atoms with E-state index >= 15 is 0 Å². The average Bonchev–Trinajstić information content (AvgIpc) is 2.90. The minimum Gasteiger partial charge on any atom is -0.449 e. The third-order valence-corrected chi connectivity index (χ3v) is 5.67. The Morgan fingerprint density at radius 1 is 1.12 bits per heavy atom. The number of nitrogens with zero attached hydrogens (tertiary/aromatic N) is 5. The predicted molar refractivity (Wildman–Crippen MR) is 122 cm³/mol. The fourth-order valence-corrected chi connectivity index (χ4v) is 3.53. The molecule has 210 valence electrons. The van der Waals surface area contributed by atoms with Crippen LogP contribution in [0.25, 0.3) is 0 Å². The lowest BCUT2D eigenvalue weighted by Crippen LogP contribution is -2.46. The van der Waals surface area contributed by atoms with Gasteiger partial charge in [-0.2, -0.15) is 32.5 Å². The van der Waals surface area contributed by atoms with Crippen molar-refractivity contribution in [3.05, 3.63) is 74.7 Å². The fraction of sp³-hybridized carbons (Fsp3) is 0.292. The highest BCUT2D eigenvalue weighted by Gasteiger charge is 2.62. The summed E-state index contributed by atoms with van der Waals surface area (Å²) in [6, 6.07) is 6.13. The topological polar surface area (TPSA) is 117 Å². The van der Waals surface area contributed by atoms with Gasteiger partial charge in [0.2, 0.25) is 11.9 Å². The first-order chi connectivity index (χ1) is 18.7. The van der Waals surface area contributed by atoms with Crippen molar-refractivity contribution in [2.45, 2.75) is 32.0 Å². The molecule has 0 saturated carbocycles. The number of pyridine rings is 1. The van der Waals surface area contributed by atoms with Crippen LogP contribution in [0.4, 0.5) is 36.4 Å². The summed E-state index contributed by atoms with van der Waals surface area (Å²) < 4.78 is 102. The third-order valence-electron chi connectivity index (χ3n) is 5.67. The molecule has 0 aliphatic rings. The van der Waals surface area contributed by atoms with E-state index in [0.717, 1.165) is 17.7 Å². The minimum atomic E-state index is -6.21. The number of anilines is 1. The molecular weight excluding hydrogens is 553 g/mol.